The topological polar surface area (TPSA) is 63.6 Å². The predicted molar refractivity (Wildman–Crippen MR) is 68.5 cm³/mol. The van der Waals surface area contributed by atoms with Gasteiger partial charge in [-0.25, -0.2) is 4.98 Å². The fraction of sp³-hybridized carbons (Fsp3) is 0.462. The second kappa shape index (κ2) is 3.80. The normalized spacial score (nSPS) is 15.1. The molecule has 1 saturated carbocycles. The van der Waals surface area contributed by atoms with Crippen molar-refractivity contribution >= 4 is 0 Å². The average molecular weight is 244 g/mol. The van der Waals surface area contributed by atoms with Crippen LogP contribution in [-0.4, -0.2) is 19.7 Å². The molecule has 2 aromatic heterocycles. The van der Waals surface area contributed by atoms with Gasteiger partial charge in [-0.05, 0) is 26.7 Å². The van der Waals surface area contributed by atoms with Crippen LogP contribution in [0.2, 0.25) is 0 Å². The summed E-state index contributed by atoms with van der Waals surface area (Å²) < 4.78 is 1.81. The molecule has 0 aromatic carbocycles. The Hall–Kier alpha value is -1.91. The van der Waals surface area contributed by atoms with Crippen LogP contribution in [-0.2, 0) is 7.05 Å². The molecule has 1 fully saturated rings. The van der Waals surface area contributed by atoms with Crippen LogP contribution in [0.5, 0.6) is 0 Å². The Morgan fingerprint density at radius 3 is 2.67 bits per heavy atom. The van der Waals surface area contributed by atoms with E-state index in [1.165, 1.54) is 0 Å². The highest BCUT2D eigenvalue weighted by molar-refractivity contribution is 5.61. The van der Waals surface area contributed by atoms with Crippen LogP contribution in [0.1, 0.15) is 35.8 Å². The first-order chi connectivity index (χ1) is 8.56. The van der Waals surface area contributed by atoms with E-state index in [0.717, 1.165) is 35.5 Å². The minimum atomic E-state index is -0.0791. The van der Waals surface area contributed by atoms with Gasteiger partial charge in [0.25, 0.3) is 5.56 Å². The fourth-order valence-electron chi connectivity index (χ4n) is 2.30. The SMILES string of the molecule is Cc1nn(C)c(C)c1-c1nc(C2CC2)cc(=O)[nH]1. The van der Waals surface area contributed by atoms with Gasteiger partial charge in [0.2, 0.25) is 0 Å². The smallest absolute Gasteiger partial charge is 0.251 e. The van der Waals surface area contributed by atoms with Crippen molar-refractivity contribution in [2.45, 2.75) is 32.6 Å². The molecule has 2 aromatic rings. The second-order valence-electron chi connectivity index (χ2n) is 4.96. The molecule has 2 heterocycles. The third-order valence-electron chi connectivity index (χ3n) is 3.50. The van der Waals surface area contributed by atoms with Gasteiger partial charge in [-0.1, -0.05) is 0 Å². The monoisotopic (exact) mass is 244 g/mol. The molecule has 1 N–H and O–H groups in total. The van der Waals surface area contributed by atoms with E-state index in [-0.39, 0.29) is 5.56 Å². The largest absolute Gasteiger partial charge is 0.306 e. The minimum absolute atomic E-state index is 0.0791. The molecule has 0 atom stereocenters. The van der Waals surface area contributed by atoms with Crippen LogP contribution >= 0.6 is 0 Å². The predicted octanol–water partition coefficient (Wildman–Crippen LogP) is 1.66. The number of aryl methyl sites for hydroxylation is 2. The van der Waals surface area contributed by atoms with Crippen LogP contribution in [0.15, 0.2) is 10.9 Å². The molecule has 1 aliphatic rings. The molecule has 0 radical (unpaired) electrons. The lowest BCUT2D eigenvalue weighted by Crippen LogP contribution is -2.10. The Bertz CT molecular complexity index is 664. The van der Waals surface area contributed by atoms with E-state index < -0.39 is 0 Å². The molecule has 0 aliphatic heterocycles. The third-order valence-corrected chi connectivity index (χ3v) is 3.50. The molecule has 0 spiro atoms. The molecule has 0 saturated heterocycles. The molecular formula is C13H16N4O. The van der Waals surface area contributed by atoms with Gasteiger partial charge >= 0.3 is 0 Å². The molecular weight excluding hydrogens is 228 g/mol. The number of aromatic amines is 1. The Morgan fingerprint density at radius 1 is 1.39 bits per heavy atom. The number of H-pyrrole nitrogens is 1. The van der Waals surface area contributed by atoms with Crippen molar-refractivity contribution < 1.29 is 0 Å². The van der Waals surface area contributed by atoms with Crippen LogP contribution in [0.3, 0.4) is 0 Å². The molecule has 0 bridgehead atoms. The van der Waals surface area contributed by atoms with Gasteiger partial charge < -0.3 is 4.98 Å². The van der Waals surface area contributed by atoms with Gasteiger partial charge in [0, 0.05) is 24.7 Å². The van der Waals surface area contributed by atoms with E-state index in [9.17, 15) is 4.79 Å². The zero-order valence-corrected chi connectivity index (χ0v) is 10.8. The summed E-state index contributed by atoms with van der Waals surface area (Å²) in [5.74, 6) is 1.12. The highest BCUT2D eigenvalue weighted by Crippen LogP contribution is 2.39. The maximum atomic E-state index is 11.7. The first-order valence-electron chi connectivity index (χ1n) is 6.18. The highest BCUT2D eigenvalue weighted by atomic mass is 16.1. The second-order valence-corrected chi connectivity index (χ2v) is 4.96. The summed E-state index contributed by atoms with van der Waals surface area (Å²) in [6.45, 7) is 3.92. The maximum Gasteiger partial charge on any atom is 0.251 e. The number of nitrogens with zero attached hydrogens (tertiary/aromatic N) is 3. The first-order valence-corrected chi connectivity index (χ1v) is 6.18. The minimum Gasteiger partial charge on any atom is -0.306 e. The lowest BCUT2D eigenvalue weighted by Gasteiger charge is -2.04. The van der Waals surface area contributed by atoms with Crippen LogP contribution in [0.25, 0.3) is 11.4 Å². The van der Waals surface area contributed by atoms with Gasteiger partial charge in [-0.15, -0.1) is 0 Å². The Labute approximate surface area is 105 Å². The molecule has 3 rings (SSSR count). The van der Waals surface area contributed by atoms with Crippen molar-refractivity contribution in [3.8, 4) is 11.4 Å². The van der Waals surface area contributed by atoms with Crippen molar-refractivity contribution in [3.63, 3.8) is 0 Å². The summed E-state index contributed by atoms with van der Waals surface area (Å²) in [5, 5.41) is 4.36. The number of nitrogens with one attached hydrogen (secondary N) is 1. The highest BCUT2D eigenvalue weighted by Gasteiger charge is 2.26. The molecule has 5 nitrogen and oxygen atoms in total. The van der Waals surface area contributed by atoms with Gasteiger partial charge in [0.15, 0.2) is 0 Å². The quantitative estimate of drug-likeness (QED) is 0.874. The number of aromatic nitrogens is 4. The van der Waals surface area contributed by atoms with Crippen LogP contribution < -0.4 is 5.56 Å². The van der Waals surface area contributed by atoms with E-state index in [2.05, 4.69) is 15.1 Å². The Morgan fingerprint density at radius 2 is 2.11 bits per heavy atom. The maximum absolute atomic E-state index is 11.7. The molecule has 18 heavy (non-hydrogen) atoms. The molecule has 0 amide bonds. The van der Waals surface area contributed by atoms with Crippen LogP contribution in [0, 0.1) is 13.8 Å². The lowest BCUT2D eigenvalue weighted by atomic mass is 10.1. The van der Waals surface area contributed by atoms with E-state index in [1.54, 1.807) is 6.07 Å². The van der Waals surface area contributed by atoms with Gasteiger partial charge in [0.1, 0.15) is 5.82 Å². The summed E-state index contributed by atoms with van der Waals surface area (Å²) in [5.41, 5.74) is 3.69. The van der Waals surface area contributed by atoms with Crippen molar-refractivity contribution in [1.29, 1.82) is 0 Å². The third kappa shape index (κ3) is 1.75. The molecule has 5 heteroatoms. The Balaban J connectivity index is 2.19. The first kappa shape index (κ1) is 11.2. The number of hydrogen-bond donors (Lipinski definition) is 1. The lowest BCUT2D eigenvalue weighted by molar-refractivity contribution is 0.731. The zero-order valence-electron chi connectivity index (χ0n) is 10.8. The van der Waals surface area contributed by atoms with Gasteiger partial charge in [0.05, 0.1) is 17.0 Å². The number of hydrogen-bond acceptors (Lipinski definition) is 3. The summed E-state index contributed by atoms with van der Waals surface area (Å²) in [7, 11) is 1.90. The van der Waals surface area contributed by atoms with E-state index in [1.807, 2.05) is 25.6 Å². The summed E-state index contributed by atoms with van der Waals surface area (Å²) >= 11 is 0. The van der Waals surface area contributed by atoms with Crippen molar-refractivity contribution in [2.24, 2.45) is 7.05 Å². The Kier molecular flexibility index (Phi) is 2.36. The van der Waals surface area contributed by atoms with E-state index in [0.29, 0.717) is 11.7 Å². The molecule has 0 unspecified atom stereocenters. The fourth-order valence-corrected chi connectivity index (χ4v) is 2.30. The van der Waals surface area contributed by atoms with Crippen molar-refractivity contribution in [2.75, 3.05) is 0 Å². The molecule has 1 aliphatic carbocycles. The van der Waals surface area contributed by atoms with E-state index >= 15 is 0 Å². The summed E-state index contributed by atoms with van der Waals surface area (Å²) in [6, 6.07) is 1.61. The van der Waals surface area contributed by atoms with Gasteiger partial charge in [-0.3, -0.25) is 9.48 Å². The zero-order chi connectivity index (χ0) is 12.9. The standard InChI is InChI=1S/C13H16N4O/c1-7-12(8(2)17(3)16-7)13-14-10(9-4-5-9)6-11(18)15-13/h6,9H,4-5H2,1-3H3,(H,14,15,18). The van der Waals surface area contributed by atoms with Gasteiger partial charge in [-0.2, -0.15) is 5.10 Å². The van der Waals surface area contributed by atoms with Crippen LogP contribution in [0.4, 0.5) is 0 Å². The van der Waals surface area contributed by atoms with E-state index in [4.69, 9.17) is 0 Å². The average Bonchev–Trinajstić information content (AvgIpc) is 3.08. The number of rotatable bonds is 2. The summed E-state index contributed by atoms with van der Waals surface area (Å²) in [4.78, 5) is 19.1. The van der Waals surface area contributed by atoms with Crippen molar-refractivity contribution in [1.82, 2.24) is 19.7 Å². The summed E-state index contributed by atoms with van der Waals surface area (Å²) in [6.07, 6.45) is 2.28. The van der Waals surface area contributed by atoms with Crippen molar-refractivity contribution in [3.05, 3.63) is 33.5 Å². The molecule has 94 valence electrons.